The first-order valence-corrected chi connectivity index (χ1v) is 6.32. The van der Waals surface area contributed by atoms with Gasteiger partial charge in [-0.2, -0.15) is 10.5 Å². The van der Waals surface area contributed by atoms with Gasteiger partial charge in [0, 0.05) is 12.5 Å². The minimum Gasteiger partial charge on any atom is -0.507 e. The van der Waals surface area contributed by atoms with Crippen LogP contribution in [0.4, 0.5) is 0 Å². The van der Waals surface area contributed by atoms with Gasteiger partial charge in [-0.3, -0.25) is 0 Å². The Morgan fingerprint density at radius 2 is 1.74 bits per heavy atom. The van der Waals surface area contributed by atoms with E-state index in [4.69, 9.17) is 15.6 Å². The fourth-order valence-corrected chi connectivity index (χ4v) is 2.17. The molecule has 7 nitrogen and oxygen atoms in total. The molecule has 0 saturated heterocycles. The average Bonchev–Trinajstić information content (AvgIpc) is 2.52. The number of carboxylic acid groups (broad SMARTS) is 1. The van der Waals surface area contributed by atoms with Gasteiger partial charge in [0.25, 0.3) is 0 Å². The highest BCUT2D eigenvalue weighted by Gasteiger charge is 2.19. The largest absolute Gasteiger partial charge is 0.507 e. The number of nitriles is 2. The molecule has 0 radical (unpaired) electrons. The highest BCUT2D eigenvalue weighted by Crippen LogP contribution is 2.35. The Labute approximate surface area is 130 Å². The monoisotopic (exact) mass is 310 g/mol. The molecule has 0 saturated carbocycles. The molecule has 0 amide bonds. The molecule has 0 unspecified atom stereocenters. The Morgan fingerprint density at radius 1 is 1.04 bits per heavy atom. The lowest BCUT2D eigenvalue weighted by atomic mass is 9.93. The normalized spacial score (nSPS) is 9.83. The number of carboxylic acids is 1. The quantitative estimate of drug-likeness (QED) is 0.632. The second-order valence-corrected chi connectivity index (χ2v) is 4.70. The zero-order chi connectivity index (χ0) is 17.1. The van der Waals surface area contributed by atoms with Gasteiger partial charge in [0.2, 0.25) is 0 Å². The second kappa shape index (κ2) is 5.96. The summed E-state index contributed by atoms with van der Waals surface area (Å²) in [5.74, 6) is -2.95. The summed E-state index contributed by atoms with van der Waals surface area (Å²) >= 11 is 0. The molecule has 0 aliphatic carbocycles. The molecular formula is C16H10N2O5. The average molecular weight is 310 g/mol. The van der Waals surface area contributed by atoms with Gasteiger partial charge in [-0.25, -0.2) is 4.79 Å². The van der Waals surface area contributed by atoms with E-state index in [1.807, 2.05) is 6.07 Å². The van der Waals surface area contributed by atoms with Gasteiger partial charge in [-0.05, 0) is 23.3 Å². The van der Waals surface area contributed by atoms with Crippen LogP contribution in [-0.2, 0) is 6.42 Å². The SMILES string of the molecule is N#Cc1cc(O)c(O)c(C#N)c1Cc1ccc(O)c(C(=O)O)c1. The molecule has 114 valence electrons. The molecule has 0 aliphatic heterocycles. The van der Waals surface area contributed by atoms with Crippen molar-refractivity contribution in [2.45, 2.75) is 6.42 Å². The standard InChI is InChI=1S/C16H10N2O5/c17-6-9-5-14(20)15(21)12(7-18)10(9)3-8-1-2-13(19)11(4-8)16(22)23/h1-2,4-5,19-21H,3H2,(H,22,23). The molecule has 0 heterocycles. The van der Waals surface area contributed by atoms with Crippen molar-refractivity contribution in [3.8, 4) is 29.4 Å². The van der Waals surface area contributed by atoms with Gasteiger partial charge >= 0.3 is 5.97 Å². The predicted octanol–water partition coefficient (Wildman–Crippen LogP) is 1.84. The maximum absolute atomic E-state index is 11.0. The molecule has 0 aromatic heterocycles. The van der Waals surface area contributed by atoms with Crippen LogP contribution >= 0.6 is 0 Å². The van der Waals surface area contributed by atoms with Crippen molar-refractivity contribution in [1.82, 2.24) is 0 Å². The molecule has 0 fully saturated rings. The molecule has 0 atom stereocenters. The van der Waals surface area contributed by atoms with E-state index in [1.165, 1.54) is 18.2 Å². The molecule has 2 aromatic rings. The minimum absolute atomic E-state index is 0.0122. The third-order valence-electron chi connectivity index (χ3n) is 3.29. The Hall–Kier alpha value is -3.71. The van der Waals surface area contributed by atoms with Crippen molar-refractivity contribution in [2.75, 3.05) is 0 Å². The zero-order valence-electron chi connectivity index (χ0n) is 11.6. The highest BCUT2D eigenvalue weighted by molar-refractivity contribution is 5.91. The molecule has 0 bridgehead atoms. The van der Waals surface area contributed by atoms with Crippen LogP contribution in [0.15, 0.2) is 24.3 Å². The summed E-state index contributed by atoms with van der Waals surface area (Å²) in [6.07, 6.45) is -0.0276. The molecule has 2 rings (SSSR count). The topological polar surface area (TPSA) is 146 Å². The Kier molecular flexibility index (Phi) is 4.06. The van der Waals surface area contributed by atoms with Crippen molar-refractivity contribution in [3.05, 3.63) is 52.1 Å². The summed E-state index contributed by atoms with van der Waals surface area (Å²) in [7, 11) is 0. The molecule has 0 spiro atoms. The number of carbonyl (C=O) groups is 1. The summed E-state index contributed by atoms with van der Waals surface area (Å²) in [5, 5.41) is 56.0. The number of benzene rings is 2. The highest BCUT2D eigenvalue weighted by atomic mass is 16.4. The van der Waals surface area contributed by atoms with Gasteiger partial charge in [0.15, 0.2) is 11.5 Å². The van der Waals surface area contributed by atoms with Crippen molar-refractivity contribution in [2.24, 2.45) is 0 Å². The van der Waals surface area contributed by atoms with Gasteiger partial charge < -0.3 is 20.4 Å². The van der Waals surface area contributed by atoms with Crippen LogP contribution in [0.5, 0.6) is 17.2 Å². The number of phenols is 3. The number of rotatable bonds is 3. The molecular weight excluding hydrogens is 300 g/mol. The molecule has 0 aliphatic rings. The number of hydrogen-bond donors (Lipinski definition) is 4. The maximum Gasteiger partial charge on any atom is 0.339 e. The first-order chi connectivity index (χ1) is 10.9. The smallest absolute Gasteiger partial charge is 0.339 e. The van der Waals surface area contributed by atoms with Crippen molar-refractivity contribution < 1.29 is 25.2 Å². The number of nitrogens with zero attached hydrogens (tertiary/aromatic N) is 2. The van der Waals surface area contributed by atoms with Crippen LogP contribution in [0.1, 0.15) is 32.6 Å². The summed E-state index contributed by atoms with van der Waals surface area (Å²) in [6.45, 7) is 0. The predicted molar refractivity (Wildman–Crippen MR) is 77.1 cm³/mol. The molecule has 2 aromatic carbocycles. The Balaban J connectivity index is 2.60. The molecule has 4 N–H and O–H groups in total. The Morgan fingerprint density at radius 3 is 2.30 bits per heavy atom. The summed E-state index contributed by atoms with van der Waals surface area (Å²) in [5.41, 5.74) is -0.0126. The van der Waals surface area contributed by atoms with Gasteiger partial charge in [-0.15, -0.1) is 0 Å². The lowest BCUT2D eigenvalue weighted by Gasteiger charge is -2.11. The third kappa shape index (κ3) is 2.85. The zero-order valence-corrected chi connectivity index (χ0v) is 11.6. The van der Waals surface area contributed by atoms with Gasteiger partial charge in [0.05, 0.1) is 11.6 Å². The van der Waals surface area contributed by atoms with Crippen LogP contribution in [-0.4, -0.2) is 26.4 Å². The first-order valence-electron chi connectivity index (χ1n) is 6.32. The fourth-order valence-electron chi connectivity index (χ4n) is 2.17. The van der Waals surface area contributed by atoms with Crippen molar-refractivity contribution >= 4 is 5.97 Å². The van der Waals surface area contributed by atoms with Crippen molar-refractivity contribution in [3.63, 3.8) is 0 Å². The van der Waals surface area contributed by atoms with Crippen LogP contribution in [0.3, 0.4) is 0 Å². The number of aromatic hydroxyl groups is 3. The molecule has 7 heteroatoms. The fraction of sp³-hybridized carbons (Fsp3) is 0.0625. The van der Waals surface area contributed by atoms with Gasteiger partial charge in [0.1, 0.15) is 22.9 Å². The number of hydrogen-bond acceptors (Lipinski definition) is 6. The van der Waals surface area contributed by atoms with E-state index in [-0.39, 0.29) is 28.7 Å². The number of phenolic OH excluding ortho intramolecular Hbond substituents is 2. The lowest BCUT2D eigenvalue weighted by molar-refractivity contribution is 0.0693. The van der Waals surface area contributed by atoms with Crippen molar-refractivity contribution in [1.29, 1.82) is 10.5 Å². The minimum atomic E-state index is -1.32. The van der Waals surface area contributed by atoms with Gasteiger partial charge in [-0.1, -0.05) is 6.07 Å². The summed E-state index contributed by atoms with van der Waals surface area (Å²) < 4.78 is 0. The van der Waals surface area contributed by atoms with E-state index >= 15 is 0 Å². The molecule has 23 heavy (non-hydrogen) atoms. The van der Waals surface area contributed by atoms with E-state index in [9.17, 15) is 20.1 Å². The van der Waals surface area contributed by atoms with Crippen LogP contribution in [0.25, 0.3) is 0 Å². The maximum atomic E-state index is 11.0. The van der Waals surface area contributed by atoms with Crippen LogP contribution in [0.2, 0.25) is 0 Å². The second-order valence-electron chi connectivity index (χ2n) is 4.70. The Bertz CT molecular complexity index is 891. The number of aromatic carboxylic acids is 1. The van der Waals surface area contributed by atoms with E-state index in [1.54, 1.807) is 6.07 Å². The third-order valence-corrected chi connectivity index (χ3v) is 3.29. The van der Waals surface area contributed by atoms with E-state index in [0.717, 1.165) is 6.07 Å². The van der Waals surface area contributed by atoms with E-state index in [2.05, 4.69) is 0 Å². The summed E-state index contributed by atoms with van der Waals surface area (Å²) in [4.78, 5) is 11.0. The first kappa shape index (κ1) is 15.7. The summed E-state index contributed by atoms with van der Waals surface area (Å²) in [6, 6.07) is 8.42. The van der Waals surface area contributed by atoms with E-state index in [0.29, 0.717) is 5.56 Å². The lowest BCUT2D eigenvalue weighted by Crippen LogP contribution is -2.01. The van der Waals surface area contributed by atoms with E-state index < -0.39 is 23.2 Å². The van der Waals surface area contributed by atoms with Crippen LogP contribution in [0, 0.1) is 22.7 Å². The van der Waals surface area contributed by atoms with Crippen LogP contribution < -0.4 is 0 Å².